The molecule has 2 unspecified atom stereocenters. The van der Waals surface area contributed by atoms with Crippen molar-refractivity contribution in [2.45, 2.75) is 63.5 Å². The normalized spacial score (nSPS) is 50.7. The summed E-state index contributed by atoms with van der Waals surface area (Å²) in [5.41, 5.74) is 0. The Kier molecular flexibility index (Phi) is 5.14. The van der Waals surface area contributed by atoms with E-state index in [0.717, 1.165) is 23.7 Å². The average Bonchev–Trinajstić information content (AvgIpc) is 3.68. The Bertz CT molecular complexity index is 876. The summed E-state index contributed by atoms with van der Waals surface area (Å²) >= 11 is 0. The quantitative estimate of drug-likeness (QED) is 0.413. The van der Waals surface area contributed by atoms with Crippen LogP contribution in [-0.4, -0.2) is 23.9 Å². The zero-order valence-electron chi connectivity index (χ0n) is 20.0. The van der Waals surface area contributed by atoms with Crippen LogP contribution in [0.4, 0.5) is 0 Å². The summed E-state index contributed by atoms with van der Waals surface area (Å²) in [6, 6.07) is 1.03. The molecule has 2 saturated heterocycles. The fourth-order valence-electron chi connectivity index (χ4n) is 8.51. The second-order valence-corrected chi connectivity index (χ2v) is 12.5. The van der Waals surface area contributed by atoms with E-state index in [0.29, 0.717) is 47.6 Å². The molecule has 2 aliphatic heterocycles. The minimum absolute atomic E-state index is 0.279. The summed E-state index contributed by atoms with van der Waals surface area (Å²) in [7, 11) is 0. The van der Waals surface area contributed by atoms with E-state index in [1.165, 1.54) is 51.4 Å². The Labute approximate surface area is 203 Å². The van der Waals surface area contributed by atoms with Crippen LogP contribution in [0.5, 0.6) is 0 Å². The molecule has 10 aliphatic rings. The summed E-state index contributed by atoms with van der Waals surface area (Å²) in [5.74, 6) is 7.76. The lowest BCUT2D eigenvalue weighted by atomic mass is 9.82. The molecule has 2 N–H and O–H groups in total. The summed E-state index contributed by atoms with van der Waals surface area (Å²) < 4.78 is 0. The highest BCUT2D eigenvalue weighted by Crippen LogP contribution is 2.48. The molecule has 4 nitrogen and oxygen atoms in total. The van der Waals surface area contributed by atoms with Crippen molar-refractivity contribution >= 4 is 11.8 Å². The molecule has 2 heterocycles. The molecule has 0 radical (unpaired) electrons. The third-order valence-electron chi connectivity index (χ3n) is 10.5. The van der Waals surface area contributed by atoms with Gasteiger partial charge in [0, 0.05) is 12.1 Å². The van der Waals surface area contributed by atoms with Gasteiger partial charge in [-0.15, -0.1) is 0 Å². The molecule has 34 heavy (non-hydrogen) atoms. The molecular weight excluding hydrogens is 420 g/mol. The molecule has 2 amide bonds. The Hall–Kier alpha value is -2.10. The Morgan fingerprint density at radius 1 is 0.471 bits per heavy atom. The molecule has 4 saturated carbocycles. The number of hydrogen-bond donors (Lipinski definition) is 2. The molecule has 8 aliphatic carbocycles. The Morgan fingerprint density at radius 2 is 0.824 bits per heavy atom. The van der Waals surface area contributed by atoms with E-state index in [1.807, 2.05) is 0 Å². The first-order valence-electron chi connectivity index (χ1n) is 14.0. The summed E-state index contributed by atoms with van der Waals surface area (Å²) in [6.45, 7) is 0. The highest BCUT2D eigenvalue weighted by atomic mass is 16.2. The van der Waals surface area contributed by atoms with Gasteiger partial charge in [-0.25, -0.2) is 0 Å². The number of carbonyl (C=O) groups is 2. The molecule has 180 valence electrons. The highest BCUT2D eigenvalue weighted by Gasteiger charge is 2.55. The van der Waals surface area contributed by atoms with Gasteiger partial charge in [0.15, 0.2) is 0 Å². The lowest BCUT2D eigenvalue weighted by Crippen LogP contribution is -2.59. The summed E-state index contributed by atoms with van der Waals surface area (Å²) in [4.78, 5) is 21.9. The van der Waals surface area contributed by atoms with Crippen LogP contribution in [0.2, 0.25) is 0 Å². The SMILES string of the molecule is C1=C[C@H]2CC[C@@H]1C2.C1=C[C@H]2CC[C@@H]1C2.O=C1NC2C1[C@@H]1C=C[C@H]2C1.O=C1N[C@H]2[C@@H]1[C@@H]1C=C[C@H]2C1. The number of carbonyl (C=O) groups excluding carboxylic acids is 2. The molecule has 8 bridgehead atoms. The van der Waals surface area contributed by atoms with Gasteiger partial charge < -0.3 is 10.6 Å². The zero-order chi connectivity index (χ0) is 22.8. The minimum atomic E-state index is 0.279. The monoisotopic (exact) mass is 458 g/mol. The highest BCUT2D eigenvalue weighted by molar-refractivity contribution is 5.88. The van der Waals surface area contributed by atoms with Gasteiger partial charge in [-0.2, -0.15) is 0 Å². The van der Waals surface area contributed by atoms with E-state index in [2.05, 4.69) is 59.2 Å². The number of nitrogens with one attached hydrogen (secondary N) is 2. The second kappa shape index (κ2) is 8.24. The number of fused-ring (bicyclic) bond motifs is 14. The van der Waals surface area contributed by atoms with Crippen molar-refractivity contribution in [3.63, 3.8) is 0 Å². The topological polar surface area (TPSA) is 58.2 Å². The van der Waals surface area contributed by atoms with Crippen molar-refractivity contribution in [3.05, 3.63) is 48.6 Å². The van der Waals surface area contributed by atoms with E-state index in [1.54, 1.807) is 0 Å². The van der Waals surface area contributed by atoms with Gasteiger partial charge >= 0.3 is 0 Å². The first kappa shape index (κ1) is 21.2. The molecule has 0 aromatic rings. The zero-order valence-corrected chi connectivity index (χ0v) is 20.0. The first-order valence-corrected chi connectivity index (χ1v) is 14.0. The van der Waals surface area contributed by atoms with Gasteiger partial charge in [0.25, 0.3) is 0 Å². The lowest BCUT2D eigenvalue weighted by Gasteiger charge is -2.37. The van der Waals surface area contributed by atoms with Crippen LogP contribution in [0.25, 0.3) is 0 Å². The average molecular weight is 459 g/mol. The largest absolute Gasteiger partial charge is 0.352 e. The maximum absolute atomic E-state index is 11.0. The van der Waals surface area contributed by atoms with Crippen LogP contribution in [0.15, 0.2) is 48.6 Å². The van der Waals surface area contributed by atoms with E-state index < -0.39 is 0 Å². The molecule has 12 atom stereocenters. The summed E-state index contributed by atoms with van der Waals surface area (Å²) in [5, 5.41) is 5.89. The van der Waals surface area contributed by atoms with Gasteiger partial charge in [0.2, 0.25) is 11.8 Å². The smallest absolute Gasteiger partial charge is 0.226 e. The van der Waals surface area contributed by atoms with Crippen LogP contribution in [-0.2, 0) is 9.59 Å². The van der Waals surface area contributed by atoms with E-state index in [9.17, 15) is 9.59 Å². The molecule has 6 fully saturated rings. The fraction of sp³-hybridized carbons (Fsp3) is 0.667. The predicted molar refractivity (Wildman–Crippen MR) is 132 cm³/mol. The van der Waals surface area contributed by atoms with Crippen LogP contribution >= 0.6 is 0 Å². The van der Waals surface area contributed by atoms with E-state index in [-0.39, 0.29) is 11.8 Å². The van der Waals surface area contributed by atoms with Crippen molar-refractivity contribution in [2.24, 2.45) is 59.2 Å². The number of rotatable bonds is 0. The second-order valence-electron chi connectivity index (χ2n) is 12.5. The number of β-lactam (4-membered cyclic amide) rings is 2. The van der Waals surface area contributed by atoms with Gasteiger partial charge in [-0.3, -0.25) is 9.59 Å². The van der Waals surface area contributed by atoms with E-state index in [4.69, 9.17) is 0 Å². The van der Waals surface area contributed by atoms with Gasteiger partial charge in [0.1, 0.15) is 0 Å². The molecule has 0 spiro atoms. The summed E-state index contributed by atoms with van der Waals surface area (Å²) in [6.07, 6.45) is 29.7. The van der Waals surface area contributed by atoms with Crippen LogP contribution < -0.4 is 10.6 Å². The lowest BCUT2D eigenvalue weighted by molar-refractivity contribution is -0.136. The Morgan fingerprint density at radius 3 is 1.03 bits per heavy atom. The number of hydrogen-bond acceptors (Lipinski definition) is 2. The van der Waals surface area contributed by atoms with Crippen molar-refractivity contribution in [1.29, 1.82) is 0 Å². The number of amides is 2. The van der Waals surface area contributed by atoms with Gasteiger partial charge in [-0.05, 0) is 98.7 Å². The third-order valence-corrected chi connectivity index (χ3v) is 10.5. The fourth-order valence-corrected chi connectivity index (χ4v) is 8.51. The molecular formula is C30H38N2O2. The van der Waals surface area contributed by atoms with Crippen LogP contribution in [0, 0.1) is 59.2 Å². The third kappa shape index (κ3) is 3.55. The molecule has 0 aromatic heterocycles. The number of allylic oxidation sites excluding steroid dienone is 6. The van der Waals surface area contributed by atoms with Gasteiger partial charge in [-0.1, -0.05) is 48.6 Å². The standard InChI is InChI=1S/2C8H9NO.2C7H10/c2*10-8-6-4-1-2-5(3-4)7(6)9-8;2*1-2-7-4-3-6(1)5-7/h2*1-2,4-7H,3H2,(H,9,10);2*1-2,6-7H,3-5H2/t4-,5+,6?,7?;4-,5+,6+,7-;2*6-,7+/m11../s1. The molecule has 10 rings (SSSR count). The molecule has 4 heteroatoms. The molecule has 0 aromatic carbocycles. The van der Waals surface area contributed by atoms with Crippen LogP contribution in [0.3, 0.4) is 0 Å². The van der Waals surface area contributed by atoms with Crippen molar-refractivity contribution < 1.29 is 9.59 Å². The van der Waals surface area contributed by atoms with Crippen molar-refractivity contribution in [2.75, 3.05) is 0 Å². The maximum Gasteiger partial charge on any atom is 0.226 e. The van der Waals surface area contributed by atoms with Crippen molar-refractivity contribution in [1.82, 2.24) is 10.6 Å². The Balaban J connectivity index is 0.0000000796. The maximum atomic E-state index is 11.0. The predicted octanol–water partition coefficient (Wildman–Crippen LogP) is 4.56. The first-order chi connectivity index (χ1) is 16.6. The van der Waals surface area contributed by atoms with Crippen molar-refractivity contribution in [3.8, 4) is 0 Å². The van der Waals surface area contributed by atoms with Gasteiger partial charge in [0.05, 0.1) is 11.8 Å². The minimum Gasteiger partial charge on any atom is -0.352 e. The van der Waals surface area contributed by atoms with E-state index >= 15 is 0 Å². The van der Waals surface area contributed by atoms with Crippen LogP contribution in [0.1, 0.15) is 51.4 Å².